The van der Waals surface area contributed by atoms with Crippen LogP contribution in [0.4, 0.5) is 0 Å². The minimum absolute atomic E-state index is 0.307. The number of carboxylic acids is 1. The molecular weight excluding hydrogens is 276 g/mol. The number of aryl methyl sites for hydroxylation is 2. The second kappa shape index (κ2) is 4.76. The Balaban J connectivity index is 1.98. The fraction of sp³-hybridized carbons (Fsp3) is 0.733. The van der Waals surface area contributed by atoms with Gasteiger partial charge < -0.3 is 5.11 Å². The number of nitrogens with zero attached hydrogens (tertiary/aromatic N) is 2. The third kappa shape index (κ3) is 1.88. The van der Waals surface area contributed by atoms with Gasteiger partial charge in [0, 0.05) is 13.0 Å². The lowest BCUT2D eigenvalue weighted by Gasteiger charge is -2.33. The summed E-state index contributed by atoms with van der Waals surface area (Å²) in [4.78, 5) is 12.0. The van der Waals surface area contributed by atoms with Crippen LogP contribution in [-0.2, 0) is 17.8 Å². The number of halogens is 1. The van der Waals surface area contributed by atoms with Gasteiger partial charge >= 0.3 is 5.97 Å². The summed E-state index contributed by atoms with van der Waals surface area (Å²) in [6, 6.07) is 0. The molecule has 0 radical (unpaired) electrons. The van der Waals surface area contributed by atoms with Gasteiger partial charge in [-0.05, 0) is 44.9 Å². The number of aromatic nitrogens is 2. The van der Waals surface area contributed by atoms with Crippen LogP contribution in [0.3, 0.4) is 0 Å². The summed E-state index contributed by atoms with van der Waals surface area (Å²) in [6.45, 7) is 4.62. The zero-order chi connectivity index (χ0) is 14.5. The lowest BCUT2D eigenvalue weighted by molar-refractivity contribution is -0.152. The van der Waals surface area contributed by atoms with E-state index in [4.69, 9.17) is 11.6 Å². The van der Waals surface area contributed by atoms with E-state index in [9.17, 15) is 9.90 Å². The lowest BCUT2D eigenvalue weighted by atomic mass is 9.70. The van der Waals surface area contributed by atoms with Crippen molar-refractivity contribution in [3.05, 3.63) is 16.4 Å². The van der Waals surface area contributed by atoms with E-state index in [1.165, 1.54) is 6.42 Å². The quantitative estimate of drug-likeness (QED) is 0.927. The van der Waals surface area contributed by atoms with E-state index in [1.54, 1.807) is 0 Å². The molecular formula is C15H21ClN2O2. The van der Waals surface area contributed by atoms with Crippen LogP contribution in [0, 0.1) is 24.2 Å². The van der Waals surface area contributed by atoms with E-state index in [-0.39, 0.29) is 0 Å². The van der Waals surface area contributed by atoms with Crippen LogP contribution < -0.4 is 0 Å². The molecule has 0 aromatic carbocycles. The molecule has 1 aromatic rings. The minimum Gasteiger partial charge on any atom is -0.481 e. The van der Waals surface area contributed by atoms with Gasteiger partial charge in [0.2, 0.25) is 0 Å². The van der Waals surface area contributed by atoms with Gasteiger partial charge in [-0.1, -0.05) is 18.0 Å². The second-order valence-electron chi connectivity index (χ2n) is 6.38. The molecule has 0 aliphatic heterocycles. The molecule has 2 aliphatic rings. The van der Waals surface area contributed by atoms with Crippen LogP contribution in [0.15, 0.2) is 0 Å². The Bertz CT molecular complexity index is 554. The summed E-state index contributed by atoms with van der Waals surface area (Å²) < 4.78 is 1.87. The number of rotatable bonds is 4. The molecule has 0 saturated heterocycles. The summed E-state index contributed by atoms with van der Waals surface area (Å²) in [6.07, 6.45) is 4.64. The van der Waals surface area contributed by atoms with Gasteiger partial charge in [0.15, 0.2) is 0 Å². The molecule has 0 spiro atoms. The number of hydrogen-bond acceptors (Lipinski definition) is 2. The Morgan fingerprint density at radius 1 is 1.55 bits per heavy atom. The molecule has 4 nitrogen and oxygen atoms in total. The monoisotopic (exact) mass is 296 g/mol. The molecule has 2 saturated carbocycles. The van der Waals surface area contributed by atoms with Crippen LogP contribution >= 0.6 is 11.6 Å². The van der Waals surface area contributed by atoms with Crippen LogP contribution in [0.2, 0.25) is 5.02 Å². The first-order valence-electron chi connectivity index (χ1n) is 7.43. The van der Waals surface area contributed by atoms with Gasteiger partial charge in [-0.2, -0.15) is 5.10 Å². The smallest absolute Gasteiger partial charge is 0.310 e. The van der Waals surface area contributed by atoms with Gasteiger partial charge in [0.1, 0.15) is 0 Å². The summed E-state index contributed by atoms with van der Waals surface area (Å²) in [5, 5.41) is 14.9. The summed E-state index contributed by atoms with van der Waals surface area (Å²) in [7, 11) is 0. The van der Waals surface area contributed by atoms with Gasteiger partial charge in [-0.25, -0.2) is 0 Å². The van der Waals surface area contributed by atoms with E-state index >= 15 is 0 Å². The van der Waals surface area contributed by atoms with Crippen LogP contribution in [0.5, 0.6) is 0 Å². The van der Waals surface area contributed by atoms with Crippen molar-refractivity contribution in [1.82, 2.24) is 9.78 Å². The highest BCUT2D eigenvalue weighted by molar-refractivity contribution is 6.31. The molecule has 1 aromatic heterocycles. The SMILES string of the molecule is CCn1nc(C)c(Cl)c1CC1(C(=O)O)CC2CCC1C2. The first-order chi connectivity index (χ1) is 9.48. The molecule has 2 aliphatic carbocycles. The van der Waals surface area contributed by atoms with Gasteiger partial charge in [0.05, 0.1) is 21.8 Å². The zero-order valence-electron chi connectivity index (χ0n) is 12.0. The predicted molar refractivity (Wildman–Crippen MR) is 76.9 cm³/mol. The van der Waals surface area contributed by atoms with E-state index < -0.39 is 11.4 Å². The first kappa shape index (κ1) is 13.9. The summed E-state index contributed by atoms with van der Waals surface area (Å²) in [5.41, 5.74) is 1.08. The third-order valence-electron chi connectivity index (χ3n) is 5.34. The normalized spacial score (nSPS) is 31.9. The Labute approximate surface area is 124 Å². The Kier molecular flexibility index (Phi) is 3.32. The highest BCUT2D eigenvalue weighted by Crippen LogP contribution is 2.57. The highest BCUT2D eigenvalue weighted by atomic mass is 35.5. The minimum atomic E-state index is -0.651. The predicted octanol–water partition coefficient (Wildman–Crippen LogP) is 3.30. The molecule has 110 valence electrons. The number of fused-ring (bicyclic) bond motifs is 2. The lowest BCUT2D eigenvalue weighted by Crippen LogP contribution is -2.39. The van der Waals surface area contributed by atoms with Crippen molar-refractivity contribution in [3.63, 3.8) is 0 Å². The standard InChI is InChI=1S/C15H21ClN2O2/c1-3-18-12(13(16)9(2)17-18)8-15(14(19)20)7-10-4-5-11(15)6-10/h10-11H,3-8H2,1-2H3,(H,19,20). The number of carbonyl (C=O) groups is 1. The van der Waals surface area contributed by atoms with E-state index in [2.05, 4.69) is 5.10 Å². The average molecular weight is 297 g/mol. The number of carboxylic acid groups (broad SMARTS) is 1. The fourth-order valence-electron chi connectivity index (χ4n) is 4.33. The van der Waals surface area contributed by atoms with Crippen molar-refractivity contribution in [2.45, 2.75) is 52.5 Å². The average Bonchev–Trinajstić information content (AvgIpc) is 3.08. The molecule has 2 bridgehead atoms. The zero-order valence-corrected chi connectivity index (χ0v) is 12.8. The molecule has 1 N–H and O–H groups in total. The molecule has 3 unspecified atom stereocenters. The first-order valence-corrected chi connectivity index (χ1v) is 7.81. The molecule has 3 atom stereocenters. The van der Waals surface area contributed by atoms with Crippen molar-refractivity contribution in [2.24, 2.45) is 17.3 Å². The maximum atomic E-state index is 12.0. The number of aliphatic carboxylic acids is 1. The highest BCUT2D eigenvalue weighted by Gasteiger charge is 2.56. The van der Waals surface area contributed by atoms with Crippen LogP contribution in [0.1, 0.15) is 44.0 Å². The van der Waals surface area contributed by atoms with Crippen molar-refractivity contribution >= 4 is 17.6 Å². The molecule has 5 heteroatoms. The largest absolute Gasteiger partial charge is 0.481 e. The Hall–Kier alpha value is -1.03. The molecule has 1 heterocycles. The van der Waals surface area contributed by atoms with Crippen molar-refractivity contribution in [1.29, 1.82) is 0 Å². The maximum absolute atomic E-state index is 12.0. The Morgan fingerprint density at radius 2 is 2.30 bits per heavy atom. The third-order valence-corrected chi connectivity index (χ3v) is 5.83. The van der Waals surface area contributed by atoms with Gasteiger partial charge in [-0.3, -0.25) is 9.48 Å². The van der Waals surface area contributed by atoms with E-state index in [0.717, 1.165) is 37.2 Å². The van der Waals surface area contributed by atoms with Crippen molar-refractivity contribution in [2.75, 3.05) is 0 Å². The Morgan fingerprint density at radius 3 is 2.80 bits per heavy atom. The van der Waals surface area contributed by atoms with Crippen LogP contribution in [-0.4, -0.2) is 20.9 Å². The summed E-state index contributed by atoms with van der Waals surface area (Å²) >= 11 is 6.36. The fourth-order valence-corrected chi connectivity index (χ4v) is 4.54. The molecule has 0 amide bonds. The number of hydrogen-bond donors (Lipinski definition) is 1. The molecule has 2 fully saturated rings. The van der Waals surface area contributed by atoms with Crippen molar-refractivity contribution in [3.8, 4) is 0 Å². The van der Waals surface area contributed by atoms with Crippen molar-refractivity contribution < 1.29 is 9.90 Å². The topological polar surface area (TPSA) is 55.1 Å². The van der Waals surface area contributed by atoms with E-state index in [0.29, 0.717) is 23.3 Å². The van der Waals surface area contributed by atoms with Gasteiger partial charge in [-0.15, -0.1) is 0 Å². The second-order valence-corrected chi connectivity index (χ2v) is 6.76. The maximum Gasteiger partial charge on any atom is 0.310 e. The molecule has 3 rings (SSSR count). The summed E-state index contributed by atoms with van der Waals surface area (Å²) in [5.74, 6) is 0.248. The molecule has 20 heavy (non-hydrogen) atoms. The van der Waals surface area contributed by atoms with Gasteiger partial charge in [0.25, 0.3) is 0 Å². The van der Waals surface area contributed by atoms with Crippen LogP contribution in [0.25, 0.3) is 0 Å². The van der Waals surface area contributed by atoms with E-state index in [1.807, 2.05) is 18.5 Å².